The van der Waals surface area contributed by atoms with Gasteiger partial charge in [-0.05, 0) is 32.4 Å². The van der Waals surface area contributed by atoms with E-state index in [9.17, 15) is 13.2 Å². The van der Waals surface area contributed by atoms with Crippen LogP contribution in [0.3, 0.4) is 0 Å². The Labute approximate surface area is 127 Å². The minimum Gasteiger partial charge on any atom is -0.352 e. The summed E-state index contributed by atoms with van der Waals surface area (Å²) >= 11 is 0. The van der Waals surface area contributed by atoms with E-state index in [0.717, 1.165) is 32.6 Å². The molecule has 8 heteroatoms. The number of sulfonamides is 1. The average molecular weight is 318 g/mol. The van der Waals surface area contributed by atoms with Crippen LogP contribution < -0.4 is 10.6 Å². The van der Waals surface area contributed by atoms with Crippen LogP contribution in [0.15, 0.2) is 0 Å². The van der Waals surface area contributed by atoms with Gasteiger partial charge in [-0.3, -0.25) is 9.69 Å². The second kappa shape index (κ2) is 7.53. The van der Waals surface area contributed by atoms with Crippen LogP contribution in [-0.2, 0) is 14.8 Å². The molecule has 0 aromatic carbocycles. The summed E-state index contributed by atoms with van der Waals surface area (Å²) < 4.78 is 24.4. The number of carbonyl (C=O) groups is 1. The molecule has 2 N–H and O–H groups in total. The van der Waals surface area contributed by atoms with Crippen molar-refractivity contribution in [3.63, 3.8) is 0 Å². The molecule has 0 aliphatic carbocycles. The van der Waals surface area contributed by atoms with Gasteiger partial charge in [0.05, 0.1) is 12.8 Å². The van der Waals surface area contributed by atoms with Crippen molar-refractivity contribution in [1.82, 2.24) is 19.8 Å². The molecule has 0 aromatic heterocycles. The third-order valence-corrected chi connectivity index (χ3v) is 5.39. The van der Waals surface area contributed by atoms with E-state index in [2.05, 4.69) is 15.5 Å². The largest absolute Gasteiger partial charge is 0.352 e. The fourth-order valence-electron chi connectivity index (χ4n) is 2.87. The molecule has 0 aromatic rings. The van der Waals surface area contributed by atoms with E-state index in [1.54, 1.807) is 0 Å². The van der Waals surface area contributed by atoms with Gasteiger partial charge in [0.1, 0.15) is 0 Å². The van der Waals surface area contributed by atoms with Crippen LogP contribution in [0.2, 0.25) is 0 Å². The number of amides is 1. The smallest absolute Gasteiger partial charge is 0.234 e. The van der Waals surface area contributed by atoms with Gasteiger partial charge in [-0.15, -0.1) is 0 Å². The minimum atomic E-state index is -3.10. The van der Waals surface area contributed by atoms with Crippen molar-refractivity contribution in [3.8, 4) is 0 Å². The molecule has 122 valence electrons. The predicted octanol–water partition coefficient (Wildman–Crippen LogP) is -1.18. The molecular weight excluding hydrogens is 292 g/mol. The van der Waals surface area contributed by atoms with Crippen molar-refractivity contribution in [1.29, 1.82) is 0 Å². The molecule has 0 spiro atoms. The molecule has 2 fully saturated rings. The van der Waals surface area contributed by atoms with Crippen LogP contribution in [0.1, 0.15) is 19.3 Å². The van der Waals surface area contributed by atoms with Crippen LogP contribution in [0, 0.1) is 0 Å². The summed E-state index contributed by atoms with van der Waals surface area (Å²) in [4.78, 5) is 14.2. The number of piperidine rings is 1. The lowest BCUT2D eigenvalue weighted by atomic mass is 10.1. The second-order valence-electron chi connectivity index (χ2n) is 5.88. The van der Waals surface area contributed by atoms with Gasteiger partial charge in [0, 0.05) is 32.2 Å². The van der Waals surface area contributed by atoms with Crippen molar-refractivity contribution in [2.75, 3.05) is 52.1 Å². The summed E-state index contributed by atoms with van der Waals surface area (Å²) in [6.07, 6.45) is 3.69. The van der Waals surface area contributed by atoms with Crippen molar-refractivity contribution in [2.24, 2.45) is 0 Å². The normalized spacial score (nSPS) is 23.7. The zero-order valence-electron chi connectivity index (χ0n) is 12.7. The third-order valence-electron chi connectivity index (χ3n) is 4.09. The summed E-state index contributed by atoms with van der Waals surface area (Å²) in [6, 6.07) is 0.0978. The maximum Gasteiger partial charge on any atom is 0.234 e. The van der Waals surface area contributed by atoms with E-state index >= 15 is 0 Å². The molecule has 0 saturated carbocycles. The molecule has 1 amide bonds. The minimum absolute atomic E-state index is 0.0507. The molecule has 2 rings (SSSR count). The van der Waals surface area contributed by atoms with Gasteiger partial charge in [-0.25, -0.2) is 12.7 Å². The van der Waals surface area contributed by atoms with E-state index in [-0.39, 0.29) is 11.9 Å². The SMILES string of the molecule is CS(=O)(=O)N1CCC(NC(=O)CN2CCCNCC2)CC1. The lowest BCUT2D eigenvalue weighted by molar-refractivity contribution is -0.123. The first-order valence-electron chi connectivity index (χ1n) is 7.63. The third kappa shape index (κ3) is 5.54. The number of hydrogen-bond donors (Lipinski definition) is 2. The summed E-state index contributed by atoms with van der Waals surface area (Å²) in [5.74, 6) is 0.0507. The van der Waals surface area contributed by atoms with E-state index in [1.165, 1.54) is 10.6 Å². The van der Waals surface area contributed by atoms with Gasteiger partial charge in [-0.1, -0.05) is 0 Å². The van der Waals surface area contributed by atoms with E-state index < -0.39 is 10.0 Å². The van der Waals surface area contributed by atoms with Crippen LogP contribution >= 0.6 is 0 Å². The average Bonchev–Trinajstić information content (AvgIpc) is 2.67. The summed E-state index contributed by atoms with van der Waals surface area (Å²) in [5.41, 5.74) is 0. The highest BCUT2D eigenvalue weighted by Crippen LogP contribution is 2.13. The van der Waals surface area contributed by atoms with Crippen LogP contribution in [-0.4, -0.2) is 81.6 Å². The van der Waals surface area contributed by atoms with Gasteiger partial charge < -0.3 is 10.6 Å². The van der Waals surface area contributed by atoms with Crippen molar-refractivity contribution < 1.29 is 13.2 Å². The summed E-state index contributed by atoms with van der Waals surface area (Å²) in [6.45, 7) is 5.23. The van der Waals surface area contributed by atoms with Gasteiger partial charge >= 0.3 is 0 Å². The Balaban J connectivity index is 1.71. The molecule has 0 bridgehead atoms. The molecule has 2 saturated heterocycles. The van der Waals surface area contributed by atoms with Gasteiger partial charge in [-0.2, -0.15) is 0 Å². The molecule has 2 heterocycles. The van der Waals surface area contributed by atoms with E-state index in [0.29, 0.717) is 32.5 Å². The first-order chi connectivity index (χ1) is 9.95. The van der Waals surface area contributed by atoms with Crippen molar-refractivity contribution in [3.05, 3.63) is 0 Å². The molecular formula is C13H26N4O3S. The number of nitrogens with one attached hydrogen (secondary N) is 2. The Morgan fingerprint density at radius 2 is 1.90 bits per heavy atom. The number of nitrogens with zero attached hydrogens (tertiary/aromatic N) is 2. The fraction of sp³-hybridized carbons (Fsp3) is 0.923. The first kappa shape index (κ1) is 16.7. The molecule has 2 aliphatic rings. The monoisotopic (exact) mass is 318 g/mol. The lowest BCUT2D eigenvalue weighted by Crippen LogP contribution is -2.48. The fourth-order valence-corrected chi connectivity index (χ4v) is 3.74. The number of rotatable bonds is 4. The van der Waals surface area contributed by atoms with E-state index in [4.69, 9.17) is 0 Å². The first-order valence-corrected chi connectivity index (χ1v) is 9.47. The maximum absolute atomic E-state index is 12.1. The zero-order chi connectivity index (χ0) is 15.3. The number of hydrogen-bond acceptors (Lipinski definition) is 5. The summed E-state index contributed by atoms with van der Waals surface area (Å²) in [7, 11) is -3.10. The van der Waals surface area contributed by atoms with E-state index in [1.807, 2.05) is 0 Å². The van der Waals surface area contributed by atoms with Crippen molar-refractivity contribution in [2.45, 2.75) is 25.3 Å². The molecule has 2 aliphatic heterocycles. The highest BCUT2D eigenvalue weighted by molar-refractivity contribution is 7.88. The van der Waals surface area contributed by atoms with Crippen LogP contribution in [0.5, 0.6) is 0 Å². The number of carbonyl (C=O) groups excluding carboxylic acids is 1. The second-order valence-corrected chi connectivity index (χ2v) is 7.87. The van der Waals surface area contributed by atoms with Crippen LogP contribution in [0.4, 0.5) is 0 Å². The van der Waals surface area contributed by atoms with Gasteiger partial charge in [0.15, 0.2) is 0 Å². The Morgan fingerprint density at radius 3 is 2.57 bits per heavy atom. The topological polar surface area (TPSA) is 81.8 Å². The van der Waals surface area contributed by atoms with Gasteiger partial charge in [0.2, 0.25) is 15.9 Å². The predicted molar refractivity (Wildman–Crippen MR) is 81.5 cm³/mol. The Kier molecular flexibility index (Phi) is 5.98. The lowest BCUT2D eigenvalue weighted by Gasteiger charge is -2.31. The molecule has 21 heavy (non-hydrogen) atoms. The van der Waals surface area contributed by atoms with Crippen LogP contribution in [0.25, 0.3) is 0 Å². The van der Waals surface area contributed by atoms with Gasteiger partial charge in [0.25, 0.3) is 0 Å². The standard InChI is InChI=1S/C13H26N4O3S/c1-21(19,20)17-8-3-12(4-9-17)15-13(18)11-16-7-2-5-14-6-10-16/h12,14H,2-11H2,1H3,(H,15,18). The quantitative estimate of drug-likeness (QED) is 0.682. The molecule has 0 unspecified atom stereocenters. The summed E-state index contributed by atoms with van der Waals surface area (Å²) in [5, 5.41) is 6.35. The molecule has 0 radical (unpaired) electrons. The zero-order valence-corrected chi connectivity index (χ0v) is 13.5. The Morgan fingerprint density at radius 1 is 1.19 bits per heavy atom. The Hall–Kier alpha value is -0.700. The molecule has 0 atom stereocenters. The highest BCUT2D eigenvalue weighted by Gasteiger charge is 2.26. The van der Waals surface area contributed by atoms with Crippen molar-refractivity contribution >= 4 is 15.9 Å². The Bertz CT molecular complexity index is 438. The maximum atomic E-state index is 12.1. The molecule has 7 nitrogen and oxygen atoms in total. The highest BCUT2D eigenvalue weighted by atomic mass is 32.2.